The van der Waals surface area contributed by atoms with Crippen LogP contribution in [0.3, 0.4) is 0 Å². The lowest BCUT2D eigenvalue weighted by atomic mass is 9.83. The number of rotatable bonds is 2. The molecular weight excluding hydrogens is 210 g/mol. The Morgan fingerprint density at radius 2 is 2.18 bits per heavy atom. The number of carbonyl (C=O) groups excluding carboxylic acids is 1. The van der Waals surface area contributed by atoms with Crippen molar-refractivity contribution < 1.29 is 4.79 Å². The Balaban J connectivity index is 1.98. The molecule has 2 atom stereocenters. The number of Topliss-reactive ketones (excluding diaryl/α,β-unsaturated/α-hetero) is 1. The summed E-state index contributed by atoms with van der Waals surface area (Å²) in [5.74, 6) is 0.973. The van der Waals surface area contributed by atoms with Crippen molar-refractivity contribution in [3.8, 4) is 0 Å². The largest absolute Gasteiger partial charge is 0.306 e. The van der Waals surface area contributed by atoms with Gasteiger partial charge in [-0.15, -0.1) is 0 Å². The Kier molecular flexibility index (Phi) is 2.37. The van der Waals surface area contributed by atoms with Crippen molar-refractivity contribution in [2.45, 2.75) is 25.2 Å². The molecule has 17 heavy (non-hydrogen) atoms. The number of hydrogen-bond acceptors (Lipinski definition) is 2. The zero-order valence-corrected chi connectivity index (χ0v) is 10.6. The number of piperidine rings is 1. The Hall–Kier alpha value is -1.15. The summed E-state index contributed by atoms with van der Waals surface area (Å²) in [6.07, 6.45) is 2.47. The van der Waals surface area contributed by atoms with Gasteiger partial charge in [-0.25, -0.2) is 0 Å². The van der Waals surface area contributed by atoms with E-state index in [0.717, 1.165) is 18.0 Å². The molecule has 0 radical (unpaired) electrons. The lowest BCUT2D eigenvalue weighted by Crippen LogP contribution is -2.34. The number of benzene rings is 1. The van der Waals surface area contributed by atoms with Crippen molar-refractivity contribution >= 4 is 5.78 Å². The maximum absolute atomic E-state index is 11.7. The van der Waals surface area contributed by atoms with E-state index in [9.17, 15) is 4.79 Å². The third-order valence-corrected chi connectivity index (χ3v) is 4.55. The zero-order valence-electron chi connectivity index (χ0n) is 10.6. The molecule has 1 aromatic carbocycles. The molecule has 1 aliphatic heterocycles. The summed E-state index contributed by atoms with van der Waals surface area (Å²) in [6.45, 7) is 4.02. The molecule has 0 bridgehead atoms. The van der Waals surface area contributed by atoms with Gasteiger partial charge in [0.15, 0.2) is 5.78 Å². The second kappa shape index (κ2) is 3.67. The van der Waals surface area contributed by atoms with Gasteiger partial charge in [-0.3, -0.25) is 4.79 Å². The Bertz CT molecular complexity index is 468. The highest BCUT2D eigenvalue weighted by atomic mass is 16.1. The van der Waals surface area contributed by atoms with E-state index in [1.165, 1.54) is 24.9 Å². The van der Waals surface area contributed by atoms with Crippen LogP contribution in [-0.4, -0.2) is 30.8 Å². The van der Waals surface area contributed by atoms with Gasteiger partial charge in [0.25, 0.3) is 0 Å². The fourth-order valence-electron chi connectivity index (χ4n) is 3.47. The van der Waals surface area contributed by atoms with Crippen LogP contribution in [0, 0.1) is 5.92 Å². The first-order chi connectivity index (χ1) is 8.13. The van der Waals surface area contributed by atoms with Gasteiger partial charge < -0.3 is 4.90 Å². The van der Waals surface area contributed by atoms with Crippen molar-refractivity contribution in [1.29, 1.82) is 0 Å². The van der Waals surface area contributed by atoms with Gasteiger partial charge >= 0.3 is 0 Å². The summed E-state index contributed by atoms with van der Waals surface area (Å²) in [6, 6.07) is 8.20. The first-order valence-electron chi connectivity index (χ1n) is 6.42. The lowest BCUT2D eigenvalue weighted by Gasteiger charge is -2.30. The van der Waals surface area contributed by atoms with E-state index in [1.807, 2.05) is 12.1 Å². The quantitative estimate of drug-likeness (QED) is 0.726. The highest BCUT2D eigenvalue weighted by Crippen LogP contribution is 2.59. The van der Waals surface area contributed by atoms with Crippen molar-refractivity contribution in [2.24, 2.45) is 5.92 Å². The van der Waals surface area contributed by atoms with Crippen molar-refractivity contribution in [3.63, 3.8) is 0 Å². The molecule has 2 fully saturated rings. The lowest BCUT2D eigenvalue weighted by molar-refractivity contribution is 0.101. The standard InChI is InChI=1S/C15H19NO/c1-11(17)13-5-3-4-6-14(13)15-7-8-16(2)10-12(15)9-15/h3-6,12H,7-10H2,1-2H3. The van der Waals surface area contributed by atoms with Gasteiger partial charge in [-0.2, -0.15) is 0 Å². The average Bonchev–Trinajstić information content (AvgIpc) is 3.03. The Labute approximate surface area is 103 Å². The molecule has 90 valence electrons. The smallest absolute Gasteiger partial charge is 0.160 e. The molecule has 1 saturated heterocycles. The highest BCUT2D eigenvalue weighted by molar-refractivity contribution is 5.96. The molecule has 0 N–H and O–H groups in total. The van der Waals surface area contributed by atoms with Crippen LogP contribution >= 0.6 is 0 Å². The molecule has 2 nitrogen and oxygen atoms in total. The molecular formula is C15H19NO. The van der Waals surface area contributed by atoms with E-state index in [1.54, 1.807) is 6.92 Å². The van der Waals surface area contributed by atoms with Crippen LogP contribution in [0.15, 0.2) is 24.3 Å². The second-order valence-electron chi connectivity index (χ2n) is 5.67. The highest BCUT2D eigenvalue weighted by Gasteiger charge is 2.57. The molecule has 0 spiro atoms. The normalized spacial score (nSPS) is 32.0. The fourth-order valence-corrected chi connectivity index (χ4v) is 3.47. The molecule has 1 heterocycles. The number of fused-ring (bicyclic) bond motifs is 1. The summed E-state index contributed by atoms with van der Waals surface area (Å²) >= 11 is 0. The predicted molar refractivity (Wildman–Crippen MR) is 68.3 cm³/mol. The zero-order chi connectivity index (χ0) is 12.0. The third-order valence-electron chi connectivity index (χ3n) is 4.55. The van der Waals surface area contributed by atoms with Crippen molar-refractivity contribution in [2.75, 3.05) is 20.1 Å². The van der Waals surface area contributed by atoms with Crippen LogP contribution in [-0.2, 0) is 5.41 Å². The molecule has 1 aromatic rings. The molecule has 2 aliphatic rings. The van der Waals surface area contributed by atoms with E-state index in [4.69, 9.17) is 0 Å². The first-order valence-corrected chi connectivity index (χ1v) is 6.42. The fraction of sp³-hybridized carbons (Fsp3) is 0.533. The maximum atomic E-state index is 11.7. The first kappa shape index (κ1) is 11.0. The second-order valence-corrected chi connectivity index (χ2v) is 5.67. The summed E-state index contributed by atoms with van der Waals surface area (Å²) < 4.78 is 0. The van der Waals surface area contributed by atoms with Gasteiger partial charge in [0, 0.05) is 17.5 Å². The van der Waals surface area contributed by atoms with E-state index in [0.29, 0.717) is 5.41 Å². The van der Waals surface area contributed by atoms with E-state index in [-0.39, 0.29) is 5.78 Å². The summed E-state index contributed by atoms with van der Waals surface area (Å²) in [4.78, 5) is 14.1. The third kappa shape index (κ3) is 1.62. The molecule has 1 aliphatic carbocycles. The van der Waals surface area contributed by atoms with Crippen LogP contribution in [0.4, 0.5) is 0 Å². The van der Waals surface area contributed by atoms with Gasteiger partial charge in [-0.05, 0) is 44.8 Å². The van der Waals surface area contributed by atoms with Crippen LogP contribution in [0.25, 0.3) is 0 Å². The van der Waals surface area contributed by atoms with Gasteiger partial charge in [0.1, 0.15) is 0 Å². The molecule has 0 amide bonds. The van der Waals surface area contributed by atoms with Gasteiger partial charge in [0.05, 0.1) is 0 Å². The van der Waals surface area contributed by atoms with E-state index in [2.05, 4.69) is 24.1 Å². The minimum atomic E-state index is 0.208. The number of carbonyl (C=O) groups is 1. The topological polar surface area (TPSA) is 20.3 Å². The minimum Gasteiger partial charge on any atom is -0.306 e. The number of likely N-dealkylation sites (tertiary alicyclic amines) is 1. The van der Waals surface area contributed by atoms with Crippen LogP contribution in [0.2, 0.25) is 0 Å². The monoisotopic (exact) mass is 229 g/mol. The van der Waals surface area contributed by atoms with E-state index < -0.39 is 0 Å². The van der Waals surface area contributed by atoms with Crippen LogP contribution < -0.4 is 0 Å². The number of hydrogen-bond donors (Lipinski definition) is 0. The van der Waals surface area contributed by atoms with Crippen molar-refractivity contribution in [3.05, 3.63) is 35.4 Å². The van der Waals surface area contributed by atoms with Crippen LogP contribution in [0.1, 0.15) is 35.7 Å². The van der Waals surface area contributed by atoms with E-state index >= 15 is 0 Å². The SMILES string of the molecule is CC(=O)c1ccccc1C12CCN(C)CC1C2. The molecule has 2 heteroatoms. The molecule has 1 saturated carbocycles. The minimum absolute atomic E-state index is 0.208. The molecule has 2 unspecified atom stereocenters. The average molecular weight is 229 g/mol. The van der Waals surface area contributed by atoms with Gasteiger partial charge in [0.2, 0.25) is 0 Å². The summed E-state index contributed by atoms with van der Waals surface area (Å²) in [5, 5.41) is 0. The molecule has 3 rings (SSSR count). The number of nitrogens with zero attached hydrogens (tertiary/aromatic N) is 1. The Morgan fingerprint density at radius 3 is 2.88 bits per heavy atom. The van der Waals surface area contributed by atoms with Crippen LogP contribution in [0.5, 0.6) is 0 Å². The molecule has 0 aromatic heterocycles. The van der Waals surface area contributed by atoms with Crippen molar-refractivity contribution in [1.82, 2.24) is 4.90 Å². The van der Waals surface area contributed by atoms with Gasteiger partial charge in [-0.1, -0.05) is 24.3 Å². The Morgan fingerprint density at radius 1 is 1.41 bits per heavy atom. The maximum Gasteiger partial charge on any atom is 0.160 e. The summed E-state index contributed by atoms with van der Waals surface area (Å²) in [5.41, 5.74) is 2.58. The predicted octanol–water partition coefficient (Wildman–Crippen LogP) is 2.48. The summed E-state index contributed by atoms with van der Waals surface area (Å²) in [7, 11) is 2.19. The number of ketones is 1.